The number of ether oxygens (including phenoxy) is 2. The van der Waals surface area contributed by atoms with Crippen molar-refractivity contribution in [2.75, 3.05) is 13.6 Å². The van der Waals surface area contributed by atoms with Crippen LogP contribution in [0, 0.1) is 23.2 Å². The van der Waals surface area contributed by atoms with E-state index in [1.54, 1.807) is 6.08 Å². The van der Waals surface area contributed by atoms with E-state index >= 15 is 0 Å². The number of hydrogen-bond acceptors (Lipinski definition) is 6. The number of rotatable bonds is 2. The van der Waals surface area contributed by atoms with Gasteiger partial charge in [-0.1, -0.05) is 12.2 Å². The molecule has 0 aromatic rings. The lowest BCUT2D eigenvalue weighted by Gasteiger charge is -2.59. The van der Waals surface area contributed by atoms with Crippen LogP contribution in [-0.4, -0.2) is 42.8 Å². The van der Waals surface area contributed by atoms with Gasteiger partial charge in [-0.2, -0.15) is 5.10 Å². The largest absolute Gasteiger partial charge is 0.482 e. The minimum Gasteiger partial charge on any atom is -0.482 e. The number of nitrogens with zero attached hydrogens (tertiary/aromatic N) is 2. The molecule has 6 nitrogen and oxygen atoms in total. The van der Waals surface area contributed by atoms with Crippen LogP contribution < -0.4 is 5.84 Å². The predicted molar refractivity (Wildman–Crippen MR) is 87.5 cm³/mol. The van der Waals surface area contributed by atoms with Crippen molar-refractivity contribution in [1.82, 2.24) is 4.90 Å². The standard InChI is InChI=1S/C18H21N3O3/c1-21-7-6-18-11-3-4-13(22)17(18)24-16-14(23-9-20-19)5-2-10(15(16)18)8-12(11)21/h2-5,9-12,15,17H,6-8,19H2,1H3/t10?,11-,12+,15?,17-,18-/m0/s1. The summed E-state index contributed by atoms with van der Waals surface area (Å²) in [6.07, 6.45) is 10.9. The van der Waals surface area contributed by atoms with Gasteiger partial charge in [0.15, 0.2) is 24.0 Å². The Bertz CT molecular complexity index is 725. The number of carbonyl (C=O) groups is 1. The van der Waals surface area contributed by atoms with Gasteiger partial charge in [0.1, 0.15) is 5.76 Å². The second kappa shape index (κ2) is 4.72. The van der Waals surface area contributed by atoms with Crippen molar-refractivity contribution in [3.8, 4) is 0 Å². The third-order valence-electron chi connectivity index (χ3n) is 6.74. The molecule has 2 heterocycles. The topological polar surface area (TPSA) is 77.1 Å². The SMILES string of the molecule is CN1CC[C@@]23C4C5=C(OC=NN)C=CC4C[C@@H]1[C@@H]2C=CC(=O)[C@@H]3O5. The molecule has 2 unspecified atom stereocenters. The van der Waals surface area contributed by atoms with Gasteiger partial charge in [-0.15, -0.1) is 0 Å². The summed E-state index contributed by atoms with van der Waals surface area (Å²) in [7, 11) is 2.20. The second-order valence-corrected chi connectivity index (χ2v) is 7.53. The first kappa shape index (κ1) is 14.3. The Kier molecular flexibility index (Phi) is 2.81. The highest BCUT2D eigenvalue weighted by atomic mass is 16.5. The van der Waals surface area contributed by atoms with Crippen LogP contribution in [0.4, 0.5) is 0 Å². The van der Waals surface area contributed by atoms with Crippen molar-refractivity contribution in [2.45, 2.75) is 25.0 Å². The van der Waals surface area contributed by atoms with Crippen LogP contribution in [0.1, 0.15) is 12.8 Å². The maximum Gasteiger partial charge on any atom is 0.199 e. The van der Waals surface area contributed by atoms with Crippen molar-refractivity contribution in [3.63, 3.8) is 0 Å². The molecule has 2 aliphatic heterocycles. The minimum atomic E-state index is -0.389. The van der Waals surface area contributed by atoms with Crippen LogP contribution in [0.2, 0.25) is 0 Å². The molecule has 126 valence electrons. The number of piperidine rings is 1. The number of allylic oxidation sites excluding steroid dienone is 3. The average Bonchev–Trinajstić information content (AvgIpc) is 2.94. The lowest BCUT2D eigenvalue weighted by atomic mass is 9.48. The smallest absolute Gasteiger partial charge is 0.199 e. The van der Waals surface area contributed by atoms with Gasteiger partial charge >= 0.3 is 0 Å². The number of likely N-dealkylation sites (tertiary alicyclic amines) is 1. The maximum atomic E-state index is 12.6. The highest BCUT2D eigenvalue weighted by Crippen LogP contribution is 2.66. The molecule has 2 bridgehead atoms. The normalized spacial score (nSPS) is 45.5. The zero-order valence-electron chi connectivity index (χ0n) is 13.6. The summed E-state index contributed by atoms with van der Waals surface area (Å²) in [6.45, 7) is 1.00. The van der Waals surface area contributed by atoms with Crippen molar-refractivity contribution in [1.29, 1.82) is 0 Å². The van der Waals surface area contributed by atoms with Crippen molar-refractivity contribution in [3.05, 3.63) is 35.8 Å². The fraction of sp³-hybridized carbons (Fsp3) is 0.556. The highest BCUT2D eigenvalue weighted by Gasteiger charge is 2.69. The lowest BCUT2D eigenvalue weighted by molar-refractivity contribution is -0.140. The van der Waals surface area contributed by atoms with E-state index in [1.165, 1.54) is 6.40 Å². The first-order valence-electron chi connectivity index (χ1n) is 8.56. The zero-order valence-corrected chi connectivity index (χ0v) is 13.6. The maximum absolute atomic E-state index is 12.6. The molecule has 1 spiro atoms. The Morgan fingerprint density at radius 3 is 3.17 bits per heavy atom. The molecule has 5 rings (SSSR count). The molecule has 3 aliphatic carbocycles. The summed E-state index contributed by atoms with van der Waals surface area (Å²) in [4.78, 5) is 15.1. The average molecular weight is 327 g/mol. The van der Waals surface area contributed by atoms with E-state index in [0.717, 1.165) is 25.1 Å². The van der Waals surface area contributed by atoms with E-state index in [4.69, 9.17) is 15.3 Å². The highest BCUT2D eigenvalue weighted by molar-refractivity contribution is 5.96. The van der Waals surface area contributed by atoms with Crippen LogP contribution in [0.3, 0.4) is 0 Å². The molecule has 2 N–H and O–H groups in total. The molecular formula is C18H21N3O3. The number of hydrazone groups is 1. The molecule has 6 atom stereocenters. The molecule has 0 radical (unpaired) electrons. The number of hydrogen-bond donors (Lipinski definition) is 1. The van der Waals surface area contributed by atoms with Crippen LogP contribution in [-0.2, 0) is 14.3 Å². The van der Waals surface area contributed by atoms with E-state index < -0.39 is 0 Å². The third-order valence-corrected chi connectivity index (χ3v) is 6.74. The van der Waals surface area contributed by atoms with Gasteiger partial charge in [-0.05, 0) is 44.5 Å². The Morgan fingerprint density at radius 2 is 2.33 bits per heavy atom. The molecular weight excluding hydrogens is 306 g/mol. The lowest BCUT2D eigenvalue weighted by Crippen LogP contribution is -2.64. The van der Waals surface area contributed by atoms with E-state index in [1.807, 2.05) is 6.08 Å². The third kappa shape index (κ3) is 1.55. The zero-order chi connectivity index (χ0) is 16.5. The Hall–Kier alpha value is -2.08. The fourth-order valence-electron chi connectivity index (χ4n) is 5.85. The minimum absolute atomic E-state index is 0.0870. The summed E-state index contributed by atoms with van der Waals surface area (Å²) in [5, 5.41) is 3.41. The number of ketones is 1. The van der Waals surface area contributed by atoms with Crippen LogP contribution in [0.5, 0.6) is 0 Å². The van der Waals surface area contributed by atoms with Crippen LogP contribution in [0.15, 0.2) is 40.9 Å². The first-order chi connectivity index (χ1) is 11.7. The quantitative estimate of drug-likeness (QED) is 0.356. The Morgan fingerprint density at radius 1 is 1.46 bits per heavy atom. The Labute approximate surface area is 140 Å². The van der Waals surface area contributed by atoms with Crippen molar-refractivity contribution < 1.29 is 14.3 Å². The fourth-order valence-corrected chi connectivity index (χ4v) is 5.85. The molecule has 6 heteroatoms. The Balaban J connectivity index is 1.68. The molecule has 3 fully saturated rings. The summed E-state index contributed by atoms with van der Waals surface area (Å²) < 4.78 is 11.8. The van der Waals surface area contributed by atoms with E-state index in [9.17, 15) is 4.79 Å². The van der Waals surface area contributed by atoms with Gasteiger partial charge in [0.2, 0.25) is 0 Å². The predicted octanol–water partition coefficient (Wildman–Crippen LogP) is 1.17. The molecule has 1 saturated carbocycles. The van der Waals surface area contributed by atoms with Crippen molar-refractivity contribution in [2.24, 2.45) is 34.1 Å². The summed E-state index contributed by atoms with van der Waals surface area (Å²) >= 11 is 0. The molecule has 2 saturated heterocycles. The van der Waals surface area contributed by atoms with E-state index in [0.29, 0.717) is 23.6 Å². The molecule has 0 amide bonds. The molecule has 0 aromatic heterocycles. The van der Waals surface area contributed by atoms with Gasteiger partial charge in [0, 0.05) is 23.3 Å². The van der Waals surface area contributed by atoms with Crippen molar-refractivity contribution >= 4 is 12.2 Å². The van der Waals surface area contributed by atoms with E-state index in [-0.39, 0.29) is 23.2 Å². The molecule has 24 heavy (non-hydrogen) atoms. The first-order valence-corrected chi connectivity index (χ1v) is 8.56. The van der Waals surface area contributed by atoms with Gasteiger partial charge < -0.3 is 20.2 Å². The summed E-state index contributed by atoms with van der Waals surface area (Å²) in [5.74, 6) is 7.65. The second-order valence-electron chi connectivity index (χ2n) is 7.53. The summed E-state index contributed by atoms with van der Waals surface area (Å²) in [6, 6.07) is 0.465. The molecule has 0 aromatic carbocycles. The summed E-state index contributed by atoms with van der Waals surface area (Å²) in [5.41, 5.74) is -0.138. The van der Waals surface area contributed by atoms with E-state index in [2.05, 4.69) is 29.2 Å². The number of carbonyl (C=O) groups excluding carboxylic acids is 1. The van der Waals surface area contributed by atoms with Crippen LogP contribution in [0.25, 0.3) is 0 Å². The van der Waals surface area contributed by atoms with Gasteiger partial charge in [0.05, 0.1) is 0 Å². The molecule has 5 aliphatic rings. The monoisotopic (exact) mass is 327 g/mol. The number of nitrogens with two attached hydrogens (primary N) is 1. The van der Waals surface area contributed by atoms with Gasteiger partial charge in [-0.25, -0.2) is 0 Å². The van der Waals surface area contributed by atoms with Crippen LogP contribution >= 0.6 is 0 Å². The van der Waals surface area contributed by atoms with Gasteiger partial charge in [0.25, 0.3) is 0 Å². The van der Waals surface area contributed by atoms with Gasteiger partial charge in [-0.3, -0.25) is 4.79 Å².